The van der Waals surface area contributed by atoms with Crippen LogP contribution in [0.2, 0.25) is 0 Å². The zero-order valence-corrected chi connectivity index (χ0v) is 10.4. The van der Waals surface area contributed by atoms with Crippen LogP contribution in [0.5, 0.6) is 0 Å². The van der Waals surface area contributed by atoms with Crippen molar-refractivity contribution in [3.8, 4) is 0 Å². The maximum atomic E-state index is 5.74. The van der Waals surface area contributed by atoms with Gasteiger partial charge >= 0.3 is 0 Å². The molecular weight excluding hydrogens is 172 g/mol. The molecule has 0 heterocycles. The standard InChI is InChI=1S/C12H26N2/c1-9(12(2,3)4)14(5)11-7-6-10(11)8-13/h9-11H,6-8,13H2,1-5H3. The van der Waals surface area contributed by atoms with Gasteiger partial charge in [-0.2, -0.15) is 0 Å². The van der Waals surface area contributed by atoms with E-state index in [1.165, 1.54) is 12.8 Å². The maximum absolute atomic E-state index is 5.74. The molecule has 0 aromatic rings. The van der Waals surface area contributed by atoms with Crippen molar-refractivity contribution in [1.29, 1.82) is 0 Å². The minimum absolute atomic E-state index is 0.365. The van der Waals surface area contributed by atoms with Crippen molar-refractivity contribution in [2.75, 3.05) is 13.6 Å². The predicted molar refractivity (Wildman–Crippen MR) is 62.2 cm³/mol. The Balaban J connectivity index is 2.52. The summed E-state index contributed by atoms with van der Waals surface area (Å²) in [5, 5.41) is 0. The molecule has 1 saturated carbocycles. The van der Waals surface area contributed by atoms with Crippen molar-refractivity contribution in [3.05, 3.63) is 0 Å². The number of nitrogens with zero attached hydrogens (tertiary/aromatic N) is 1. The zero-order valence-electron chi connectivity index (χ0n) is 10.4. The lowest BCUT2D eigenvalue weighted by Gasteiger charge is -2.48. The predicted octanol–water partition coefficient (Wildman–Crippen LogP) is 2.09. The van der Waals surface area contributed by atoms with E-state index in [-0.39, 0.29) is 0 Å². The summed E-state index contributed by atoms with van der Waals surface area (Å²) in [5.41, 5.74) is 6.11. The lowest BCUT2D eigenvalue weighted by Crippen LogP contribution is -2.54. The number of rotatable bonds is 3. The first-order valence-corrected chi connectivity index (χ1v) is 5.80. The van der Waals surface area contributed by atoms with Gasteiger partial charge in [-0.15, -0.1) is 0 Å². The second-order valence-corrected chi connectivity index (χ2v) is 5.85. The highest BCUT2D eigenvalue weighted by Crippen LogP contribution is 2.35. The topological polar surface area (TPSA) is 29.3 Å². The van der Waals surface area contributed by atoms with E-state index in [0.29, 0.717) is 11.5 Å². The summed E-state index contributed by atoms with van der Waals surface area (Å²) in [6.07, 6.45) is 2.65. The third kappa shape index (κ3) is 2.29. The van der Waals surface area contributed by atoms with Crippen LogP contribution < -0.4 is 5.73 Å². The van der Waals surface area contributed by atoms with Crippen LogP contribution in [0.4, 0.5) is 0 Å². The normalized spacial score (nSPS) is 30.2. The summed E-state index contributed by atoms with van der Waals surface area (Å²) >= 11 is 0. The lowest BCUT2D eigenvalue weighted by molar-refractivity contribution is 0.0197. The van der Waals surface area contributed by atoms with E-state index in [1.807, 2.05) is 0 Å². The molecule has 0 aromatic carbocycles. The van der Waals surface area contributed by atoms with E-state index >= 15 is 0 Å². The maximum Gasteiger partial charge on any atom is 0.0136 e. The molecule has 2 nitrogen and oxygen atoms in total. The minimum Gasteiger partial charge on any atom is -0.330 e. The van der Waals surface area contributed by atoms with E-state index in [0.717, 1.165) is 18.5 Å². The fraction of sp³-hybridized carbons (Fsp3) is 1.00. The SMILES string of the molecule is CC(N(C)C1CCC1CN)C(C)(C)C. The van der Waals surface area contributed by atoms with E-state index < -0.39 is 0 Å². The van der Waals surface area contributed by atoms with Gasteiger partial charge in [0.2, 0.25) is 0 Å². The molecule has 0 aliphatic heterocycles. The van der Waals surface area contributed by atoms with Gasteiger partial charge in [0, 0.05) is 12.1 Å². The lowest BCUT2D eigenvalue weighted by atomic mass is 9.76. The van der Waals surface area contributed by atoms with Crippen LogP contribution in [0.3, 0.4) is 0 Å². The van der Waals surface area contributed by atoms with Crippen molar-refractivity contribution in [1.82, 2.24) is 4.90 Å². The van der Waals surface area contributed by atoms with Crippen molar-refractivity contribution in [3.63, 3.8) is 0 Å². The number of nitrogens with two attached hydrogens (primary N) is 1. The molecule has 0 amide bonds. The average molecular weight is 198 g/mol. The number of hydrogen-bond acceptors (Lipinski definition) is 2. The highest BCUT2D eigenvalue weighted by molar-refractivity contribution is 4.92. The van der Waals surface area contributed by atoms with Crippen LogP contribution in [0, 0.1) is 11.3 Å². The van der Waals surface area contributed by atoms with Crippen molar-refractivity contribution in [2.45, 2.75) is 52.6 Å². The molecule has 1 aliphatic rings. The molecule has 2 heteroatoms. The third-order valence-corrected chi connectivity index (χ3v) is 4.07. The van der Waals surface area contributed by atoms with Gasteiger partial charge in [0.15, 0.2) is 0 Å². The smallest absolute Gasteiger partial charge is 0.0136 e. The zero-order chi connectivity index (χ0) is 10.9. The molecule has 0 bridgehead atoms. The molecule has 84 valence electrons. The molecule has 0 radical (unpaired) electrons. The molecule has 3 atom stereocenters. The first-order chi connectivity index (χ1) is 6.38. The van der Waals surface area contributed by atoms with Crippen molar-refractivity contribution < 1.29 is 0 Å². The Morgan fingerprint density at radius 1 is 1.36 bits per heavy atom. The molecule has 3 unspecified atom stereocenters. The summed E-state index contributed by atoms with van der Waals surface area (Å²) in [4.78, 5) is 2.53. The van der Waals surface area contributed by atoms with Crippen LogP contribution in [-0.2, 0) is 0 Å². The van der Waals surface area contributed by atoms with Crippen LogP contribution >= 0.6 is 0 Å². The van der Waals surface area contributed by atoms with E-state index in [2.05, 4.69) is 39.6 Å². The second-order valence-electron chi connectivity index (χ2n) is 5.85. The van der Waals surface area contributed by atoms with E-state index in [1.54, 1.807) is 0 Å². The number of hydrogen-bond donors (Lipinski definition) is 1. The van der Waals surface area contributed by atoms with Gasteiger partial charge in [0.25, 0.3) is 0 Å². The average Bonchev–Trinajstić information content (AvgIpc) is 2.00. The molecule has 1 aliphatic carbocycles. The van der Waals surface area contributed by atoms with Crippen LogP contribution in [0.25, 0.3) is 0 Å². The molecule has 0 aromatic heterocycles. The fourth-order valence-electron chi connectivity index (χ4n) is 2.26. The Kier molecular flexibility index (Phi) is 3.59. The third-order valence-electron chi connectivity index (χ3n) is 4.07. The summed E-state index contributed by atoms with van der Waals surface area (Å²) in [6, 6.07) is 1.36. The van der Waals surface area contributed by atoms with Gasteiger partial charge in [-0.1, -0.05) is 20.8 Å². The van der Waals surface area contributed by atoms with Crippen LogP contribution in [0.1, 0.15) is 40.5 Å². The van der Waals surface area contributed by atoms with Gasteiger partial charge in [-0.3, -0.25) is 4.90 Å². The van der Waals surface area contributed by atoms with Crippen LogP contribution in [-0.4, -0.2) is 30.6 Å². The largest absolute Gasteiger partial charge is 0.330 e. The molecule has 0 saturated heterocycles. The summed E-state index contributed by atoms with van der Waals surface area (Å²) in [6.45, 7) is 10.1. The Morgan fingerprint density at radius 2 is 1.93 bits per heavy atom. The fourth-order valence-corrected chi connectivity index (χ4v) is 2.26. The minimum atomic E-state index is 0.365. The monoisotopic (exact) mass is 198 g/mol. The highest BCUT2D eigenvalue weighted by Gasteiger charge is 2.37. The molecule has 0 spiro atoms. The van der Waals surface area contributed by atoms with Gasteiger partial charge in [-0.05, 0) is 44.7 Å². The Bertz CT molecular complexity index is 181. The summed E-state index contributed by atoms with van der Waals surface area (Å²) < 4.78 is 0. The molecule has 1 rings (SSSR count). The first kappa shape index (κ1) is 12.0. The van der Waals surface area contributed by atoms with Crippen LogP contribution in [0.15, 0.2) is 0 Å². The Hall–Kier alpha value is -0.0800. The Labute approximate surface area is 88.8 Å². The van der Waals surface area contributed by atoms with Gasteiger partial charge < -0.3 is 5.73 Å². The summed E-state index contributed by atoms with van der Waals surface area (Å²) in [5.74, 6) is 0.741. The van der Waals surface area contributed by atoms with E-state index in [9.17, 15) is 0 Å². The van der Waals surface area contributed by atoms with Crippen molar-refractivity contribution >= 4 is 0 Å². The molecule has 2 N–H and O–H groups in total. The molecule has 14 heavy (non-hydrogen) atoms. The highest BCUT2D eigenvalue weighted by atomic mass is 15.2. The van der Waals surface area contributed by atoms with Gasteiger partial charge in [0.1, 0.15) is 0 Å². The van der Waals surface area contributed by atoms with Gasteiger partial charge in [0.05, 0.1) is 0 Å². The molecular formula is C12H26N2. The molecule has 1 fully saturated rings. The Morgan fingerprint density at radius 3 is 2.21 bits per heavy atom. The van der Waals surface area contributed by atoms with Gasteiger partial charge in [-0.25, -0.2) is 0 Å². The quantitative estimate of drug-likeness (QED) is 0.752. The van der Waals surface area contributed by atoms with Crippen molar-refractivity contribution in [2.24, 2.45) is 17.1 Å². The second kappa shape index (κ2) is 4.19. The summed E-state index contributed by atoms with van der Waals surface area (Å²) in [7, 11) is 2.25. The van der Waals surface area contributed by atoms with E-state index in [4.69, 9.17) is 5.73 Å². The first-order valence-electron chi connectivity index (χ1n) is 5.80.